The van der Waals surface area contributed by atoms with Gasteiger partial charge in [0.2, 0.25) is 0 Å². The van der Waals surface area contributed by atoms with Gasteiger partial charge in [-0.25, -0.2) is 4.39 Å². The molecule has 0 spiro atoms. The maximum atomic E-state index is 12.5. The molecule has 1 atom stereocenters. The Hall–Kier alpha value is -0.850. The van der Waals surface area contributed by atoms with Gasteiger partial charge in [0.05, 0.1) is 0 Å². The molecule has 1 unspecified atom stereocenters. The van der Waals surface area contributed by atoms with Crippen LogP contribution < -0.4 is 5.73 Å². The third-order valence-corrected chi connectivity index (χ3v) is 2.09. The number of hydrogen-bond acceptors (Lipinski definition) is 2. The van der Waals surface area contributed by atoms with E-state index in [9.17, 15) is 22.7 Å². The van der Waals surface area contributed by atoms with Gasteiger partial charge in [0.15, 0.2) is 5.60 Å². The van der Waals surface area contributed by atoms with Crippen molar-refractivity contribution >= 4 is 12.4 Å². The Morgan fingerprint density at radius 1 is 1.12 bits per heavy atom. The highest BCUT2D eigenvalue weighted by Crippen LogP contribution is 2.37. The topological polar surface area (TPSA) is 46.2 Å². The van der Waals surface area contributed by atoms with E-state index in [1.807, 2.05) is 0 Å². The largest absolute Gasteiger partial charge is 0.422 e. The van der Waals surface area contributed by atoms with Crippen molar-refractivity contribution in [3.05, 3.63) is 35.6 Å². The standard InChI is InChI=1S/C9H9F4NO.ClH/c10-7-3-1-6(2-4-7)8(15,5-14)9(11,12)13;/h1-4,15H,5,14H2;1H. The molecule has 0 saturated carbocycles. The minimum atomic E-state index is -4.89. The van der Waals surface area contributed by atoms with E-state index >= 15 is 0 Å². The number of rotatable bonds is 2. The lowest BCUT2D eigenvalue weighted by Gasteiger charge is -2.29. The molecule has 0 amide bonds. The Morgan fingerprint density at radius 2 is 1.56 bits per heavy atom. The van der Waals surface area contributed by atoms with Gasteiger partial charge in [-0.2, -0.15) is 13.2 Å². The minimum absolute atomic E-state index is 0. The second-order valence-electron chi connectivity index (χ2n) is 3.07. The second-order valence-corrected chi connectivity index (χ2v) is 3.07. The first-order valence-corrected chi connectivity index (χ1v) is 4.06. The molecule has 3 N–H and O–H groups in total. The predicted molar refractivity (Wildman–Crippen MR) is 52.7 cm³/mol. The zero-order chi connectivity index (χ0) is 11.7. The lowest BCUT2D eigenvalue weighted by atomic mass is 9.93. The third-order valence-electron chi connectivity index (χ3n) is 2.09. The number of alkyl halides is 3. The van der Waals surface area contributed by atoms with Gasteiger partial charge < -0.3 is 10.8 Å². The first kappa shape index (κ1) is 15.2. The SMILES string of the molecule is Cl.NCC(O)(c1ccc(F)cc1)C(F)(F)F. The Kier molecular flexibility index (Phi) is 4.72. The van der Waals surface area contributed by atoms with E-state index in [4.69, 9.17) is 5.73 Å². The van der Waals surface area contributed by atoms with E-state index in [0.717, 1.165) is 24.3 Å². The van der Waals surface area contributed by atoms with Gasteiger partial charge in [-0.1, -0.05) is 12.1 Å². The fraction of sp³-hybridized carbons (Fsp3) is 0.333. The second kappa shape index (κ2) is 4.99. The van der Waals surface area contributed by atoms with Crippen molar-refractivity contribution in [2.75, 3.05) is 6.54 Å². The van der Waals surface area contributed by atoms with Gasteiger partial charge in [-0.15, -0.1) is 12.4 Å². The first-order valence-electron chi connectivity index (χ1n) is 4.06. The zero-order valence-electron chi connectivity index (χ0n) is 7.96. The molecule has 92 valence electrons. The van der Waals surface area contributed by atoms with Crippen LogP contribution in [0.2, 0.25) is 0 Å². The van der Waals surface area contributed by atoms with Gasteiger partial charge in [0.25, 0.3) is 0 Å². The Balaban J connectivity index is 0.00000225. The van der Waals surface area contributed by atoms with E-state index in [1.165, 1.54) is 0 Å². The highest BCUT2D eigenvalue weighted by molar-refractivity contribution is 5.85. The molecule has 0 aliphatic carbocycles. The summed E-state index contributed by atoms with van der Waals surface area (Å²) in [5, 5.41) is 9.35. The molecule has 2 nitrogen and oxygen atoms in total. The monoisotopic (exact) mass is 259 g/mol. The zero-order valence-corrected chi connectivity index (χ0v) is 8.78. The van der Waals surface area contributed by atoms with Crippen LogP contribution in [0.15, 0.2) is 24.3 Å². The number of nitrogens with two attached hydrogens (primary N) is 1. The average molecular weight is 260 g/mol. The summed E-state index contributed by atoms with van der Waals surface area (Å²) in [5.74, 6) is -0.680. The molecular formula is C9H10ClF4NO. The summed E-state index contributed by atoms with van der Waals surface area (Å²) in [7, 11) is 0. The molecule has 0 saturated heterocycles. The molecular weight excluding hydrogens is 250 g/mol. The van der Waals surface area contributed by atoms with Crippen molar-refractivity contribution in [1.29, 1.82) is 0 Å². The molecule has 1 aromatic carbocycles. The summed E-state index contributed by atoms with van der Waals surface area (Å²) in [4.78, 5) is 0. The summed E-state index contributed by atoms with van der Waals surface area (Å²) in [5.41, 5.74) is 1.30. The predicted octanol–water partition coefficient (Wildman–Crippen LogP) is 1.96. The van der Waals surface area contributed by atoms with E-state index < -0.39 is 29.7 Å². The lowest BCUT2D eigenvalue weighted by molar-refractivity contribution is -0.262. The van der Waals surface area contributed by atoms with Crippen LogP contribution in [0.4, 0.5) is 17.6 Å². The Morgan fingerprint density at radius 3 is 1.88 bits per heavy atom. The van der Waals surface area contributed by atoms with Crippen LogP contribution in [0.25, 0.3) is 0 Å². The highest BCUT2D eigenvalue weighted by Gasteiger charge is 2.53. The van der Waals surface area contributed by atoms with Crippen molar-refractivity contribution in [3.63, 3.8) is 0 Å². The normalized spacial score (nSPS) is 15.1. The summed E-state index contributed by atoms with van der Waals surface area (Å²) in [6, 6.07) is 3.38. The summed E-state index contributed by atoms with van der Waals surface area (Å²) in [6.45, 7) is -1.01. The van der Waals surface area contributed by atoms with E-state index in [0.29, 0.717) is 0 Å². The smallest absolute Gasteiger partial charge is 0.375 e. The van der Waals surface area contributed by atoms with E-state index in [2.05, 4.69) is 0 Å². The van der Waals surface area contributed by atoms with Crippen molar-refractivity contribution in [2.45, 2.75) is 11.8 Å². The van der Waals surface area contributed by atoms with Gasteiger partial charge in [0.1, 0.15) is 5.82 Å². The molecule has 0 fully saturated rings. The summed E-state index contributed by atoms with van der Waals surface area (Å²) >= 11 is 0. The molecule has 0 aromatic heterocycles. The first-order chi connectivity index (χ1) is 6.81. The molecule has 1 rings (SSSR count). The van der Waals surface area contributed by atoms with Crippen LogP contribution >= 0.6 is 12.4 Å². The van der Waals surface area contributed by atoms with Gasteiger partial charge in [0, 0.05) is 6.54 Å². The number of benzene rings is 1. The molecule has 0 aliphatic heterocycles. The maximum absolute atomic E-state index is 12.5. The van der Waals surface area contributed by atoms with Crippen LogP contribution in [-0.4, -0.2) is 17.8 Å². The molecule has 0 aliphatic rings. The third kappa shape index (κ3) is 2.63. The quantitative estimate of drug-likeness (QED) is 0.798. The average Bonchev–Trinajstić information content (AvgIpc) is 2.16. The van der Waals surface area contributed by atoms with Crippen molar-refractivity contribution in [2.24, 2.45) is 5.73 Å². The Bertz CT molecular complexity index is 340. The summed E-state index contributed by atoms with van der Waals surface area (Å²) in [6.07, 6.45) is -4.89. The van der Waals surface area contributed by atoms with Crippen molar-refractivity contribution in [1.82, 2.24) is 0 Å². The number of halogens is 5. The lowest BCUT2D eigenvalue weighted by Crippen LogP contribution is -2.48. The van der Waals surface area contributed by atoms with E-state index in [1.54, 1.807) is 0 Å². The minimum Gasteiger partial charge on any atom is -0.375 e. The van der Waals surface area contributed by atoms with E-state index in [-0.39, 0.29) is 12.4 Å². The van der Waals surface area contributed by atoms with Crippen molar-refractivity contribution in [3.8, 4) is 0 Å². The Labute approximate surface area is 95.5 Å². The number of aliphatic hydroxyl groups is 1. The molecule has 0 radical (unpaired) electrons. The van der Waals surface area contributed by atoms with Crippen molar-refractivity contribution < 1.29 is 22.7 Å². The van der Waals surface area contributed by atoms with Crippen LogP contribution in [0.5, 0.6) is 0 Å². The molecule has 1 aromatic rings. The fourth-order valence-corrected chi connectivity index (χ4v) is 1.12. The fourth-order valence-electron chi connectivity index (χ4n) is 1.12. The maximum Gasteiger partial charge on any atom is 0.422 e. The molecule has 0 heterocycles. The summed E-state index contributed by atoms with van der Waals surface area (Å²) < 4.78 is 49.9. The van der Waals surface area contributed by atoms with Crippen LogP contribution in [0, 0.1) is 5.82 Å². The molecule has 0 bridgehead atoms. The molecule has 7 heteroatoms. The van der Waals surface area contributed by atoms with Gasteiger partial charge >= 0.3 is 6.18 Å². The van der Waals surface area contributed by atoms with Gasteiger partial charge in [-0.05, 0) is 17.7 Å². The van der Waals surface area contributed by atoms with Gasteiger partial charge in [-0.3, -0.25) is 0 Å². The highest BCUT2D eigenvalue weighted by atomic mass is 35.5. The number of hydrogen-bond donors (Lipinski definition) is 2. The van der Waals surface area contributed by atoms with Crippen LogP contribution in [0.3, 0.4) is 0 Å². The van der Waals surface area contributed by atoms with Crippen LogP contribution in [0.1, 0.15) is 5.56 Å². The molecule has 16 heavy (non-hydrogen) atoms. The van der Waals surface area contributed by atoms with Crippen LogP contribution in [-0.2, 0) is 5.60 Å².